The van der Waals surface area contributed by atoms with Crippen molar-refractivity contribution >= 4 is 23.9 Å². The highest BCUT2D eigenvalue weighted by Gasteiger charge is 2.15. The Hall–Kier alpha value is -2.70. The lowest BCUT2D eigenvalue weighted by Crippen LogP contribution is -2.13. The summed E-state index contributed by atoms with van der Waals surface area (Å²) in [5.74, 6) is -2.68. The van der Waals surface area contributed by atoms with Crippen molar-refractivity contribution in [1.82, 2.24) is 0 Å². The first-order valence-electron chi connectivity index (χ1n) is 9.59. The maximum atomic E-state index is 12.0. The average Bonchev–Trinajstić information content (AvgIpc) is 2.68. The molecule has 28 heavy (non-hydrogen) atoms. The van der Waals surface area contributed by atoms with Crippen molar-refractivity contribution < 1.29 is 33.8 Å². The van der Waals surface area contributed by atoms with Crippen LogP contribution in [-0.2, 0) is 19.1 Å². The molecule has 0 heterocycles. The summed E-state index contributed by atoms with van der Waals surface area (Å²) in [6.07, 6.45) is 7.67. The van der Waals surface area contributed by atoms with Crippen molar-refractivity contribution in [3.63, 3.8) is 0 Å². The van der Waals surface area contributed by atoms with Crippen molar-refractivity contribution in [2.24, 2.45) is 0 Å². The third-order valence-corrected chi connectivity index (χ3v) is 4.25. The summed E-state index contributed by atoms with van der Waals surface area (Å²) in [7, 11) is 1.25. The second-order valence-electron chi connectivity index (χ2n) is 6.56. The van der Waals surface area contributed by atoms with Gasteiger partial charge in [0.1, 0.15) is 0 Å². The first-order chi connectivity index (χ1) is 13.4. The number of methoxy groups -OCH3 is 1. The maximum Gasteiger partial charge on any atom is 0.345 e. The van der Waals surface area contributed by atoms with Crippen molar-refractivity contribution in [3.05, 3.63) is 35.4 Å². The molecule has 0 aromatic heterocycles. The van der Waals surface area contributed by atoms with Crippen molar-refractivity contribution in [2.75, 3.05) is 7.11 Å². The largest absolute Gasteiger partial charge is 0.481 e. The second kappa shape index (κ2) is 13.5. The number of unbranched alkanes of at least 4 members (excludes halogenated alkanes) is 7. The van der Waals surface area contributed by atoms with Gasteiger partial charge in [0.25, 0.3) is 0 Å². The highest BCUT2D eigenvalue weighted by atomic mass is 16.6. The number of carbonyl (C=O) groups is 4. The molecular weight excluding hydrogens is 364 g/mol. The highest BCUT2D eigenvalue weighted by Crippen LogP contribution is 2.12. The van der Waals surface area contributed by atoms with Gasteiger partial charge in [-0.05, 0) is 31.0 Å². The van der Waals surface area contributed by atoms with Gasteiger partial charge in [0.2, 0.25) is 0 Å². The number of hydrogen-bond donors (Lipinski definition) is 1. The van der Waals surface area contributed by atoms with Crippen LogP contribution in [0.25, 0.3) is 0 Å². The summed E-state index contributed by atoms with van der Waals surface area (Å²) in [5, 5.41) is 8.54. The summed E-state index contributed by atoms with van der Waals surface area (Å²) in [4.78, 5) is 45.6. The van der Waals surface area contributed by atoms with Crippen LogP contribution in [0.15, 0.2) is 24.3 Å². The molecule has 0 bridgehead atoms. The minimum atomic E-state index is -0.780. The quantitative estimate of drug-likeness (QED) is 0.305. The number of carbonyl (C=O) groups excluding carboxylic acids is 3. The number of carboxylic acid groups (broad SMARTS) is 1. The molecule has 0 saturated heterocycles. The highest BCUT2D eigenvalue weighted by molar-refractivity contribution is 5.99. The molecule has 0 aliphatic heterocycles. The van der Waals surface area contributed by atoms with Gasteiger partial charge >= 0.3 is 23.9 Å². The molecule has 0 amide bonds. The minimum absolute atomic E-state index is 0.124. The van der Waals surface area contributed by atoms with Gasteiger partial charge in [-0.2, -0.15) is 0 Å². The Labute approximate surface area is 165 Å². The zero-order chi connectivity index (χ0) is 20.8. The van der Waals surface area contributed by atoms with Gasteiger partial charge in [-0.1, -0.05) is 44.6 Å². The lowest BCUT2D eigenvalue weighted by Gasteiger charge is -2.05. The van der Waals surface area contributed by atoms with E-state index >= 15 is 0 Å². The zero-order valence-corrected chi connectivity index (χ0v) is 16.3. The number of rotatable bonds is 13. The summed E-state index contributed by atoms with van der Waals surface area (Å²) < 4.78 is 9.41. The van der Waals surface area contributed by atoms with Crippen molar-refractivity contribution in [2.45, 2.75) is 64.2 Å². The Balaban J connectivity index is 2.16. The van der Waals surface area contributed by atoms with Gasteiger partial charge in [0.15, 0.2) is 0 Å². The molecule has 0 unspecified atom stereocenters. The van der Waals surface area contributed by atoms with E-state index in [4.69, 9.17) is 9.84 Å². The van der Waals surface area contributed by atoms with Gasteiger partial charge in [0.05, 0.1) is 18.2 Å². The molecule has 1 aromatic rings. The number of esters is 3. The van der Waals surface area contributed by atoms with Gasteiger partial charge in [-0.15, -0.1) is 0 Å². The third kappa shape index (κ3) is 9.85. The topological polar surface area (TPSA) is 107 Å². The first kappa shape index (κ1) is 23.3. The molecule has 0 spiro atoms. The number of ether oxygens (including phenoxy) is 2. The standard InChI is InChI=1S/C21H28O7/c1-27-20(25)16-11-10-12-17(15-16)21(26)28-19(24)14-9-7-5-3-2-4-6-8-13-18(22)23/h10-12,15H,2-9,13-14H2,1H3,(H,22,23). The normalized spacial score (nSPS) is 10.3. The van der Waals surface area contributed by atoms with E-state index in [9.17, 15) is 19.2 Å². The van der Waals surface area contributed by atoms with Crippen LogP contribution in [0.3, 0.4) is 0 Å². The fraction of sp³-hybridized carbons (Fsp3) is 0.524. The van der Waals surface area contributed by atoms with Crippen LogP contribution >= 0.6 is 0 Å². The summed E-state index contributed by atoms with van der Waals surface area (Å²) in [5.41, 5.74) is 0.339. The smallest absolute Gasteiger partial charge is 0.345 e. The lowest BCUT2D eigenvalue weighted by atomic mass is 10.1. The monoisotopic (exact) mass is 392 g/mol. The zero-order valence-electron chi connectivity index (χ0n) is 16.3. The molecule has 1 N–H and O–H groups in total. The molecule has 0 aliphatic carbocycles. The van der Waals surface area contributed by atoms with E-state index in [1.807, 2.05) is 0 Å². The van der Waals surface area contributed by atoms with Crippen LogP contribution in [0.5, 0.6) is 0 Å². The van der Waals surface area contributed by atoms with Crippen molar-refractivity contribution in [1.29, 1.82) is 0 Å². The van der Waals surface area contributed by atoms with Gasteiger partial charge in [0, 0.05) is 12.8 Å². The maximum absolute atomic E-state index is 12.0. The van der Waals surface area contributed by atoms with Gasteiger partial charge < -0.3 is 14.6 Å². The fourth-order valence-corrected chi connectivity index (χ4v) is 2.71. The summed E-state index contributed by atoms with van der Waals surface area (Å²) in [6, 6.07) is 5.84. The molecule has 1 aromatic carbocycles. The number of benzene rings is 1. The fourth-order valence-electron chi connectivity index (χ4n) is 2.71. The van der Waals surface area contributed by atoms with E-state index in [-0.39, 0.29) is 24.0 Å². The number of aliphatic carboxylic acids is 1. The molecule has 7 nitrogen and oxygen atoms in total. The molecular formula is C21H28O7. The molecule has 7 heteroatoms. The third-order valence-electron chi connectivity index (χ3n) is 4.25. The molecule has 0 fully saturated rings. The van der Waals surface area contributed by atoms with Crippen molar-refractivity contribution in [3.8, 4) is 0 Å². The van der Waals surface area contributed by atoms with E-state index in [0.717, 1.165) is 44.9 Å². The average molecular weight is 392 g/mol. The van der Waals surface area contributed by atoms with Crippen LogP contribution in [-0.4, -0.2) is 36.1 Å². The molecule has 0 atom stereocenters. The Morgan fingerprint density at radius 2 is 1.29 bits per heavy atom. The van der Waals surface area contributed by atoms with E-state index in [1.54, 1.807) is 0 Å². The second-order valence-corrected chi connectivity index (χ2v) is 6.56. The Bertz CT molecular complexity index is 666. The molecule has 0 aliphatic rings. The molecule has 0 radical (unpaired) electrons. The molecule has 0 saturated carbocycles. The number of hydrogen-bond acceptors (Lipinski definition) is 6. The van der Waals surface area contributed by atoms with Gasteiger partial charge in [-0.25, -0.2) is 9.59 Å². The van der Waals surface area contributed by atoms with Crippen LogP contribution in [0.2, 0.25) is 0 Å². The van der Waals surface area contributed by atoms with E-state index < -0.39 is 23.9 Å². The first-order valence-corrected chi connectivity index (χ1v) is 9.59. The Kier molecular flexibility index (Phi) is 11.2. The van der Waals surface area contributed by atoms with Gasteiger partial charge in [-0.3, -0.25) is 9.59 Å². The summed E-state index contributed by atoms with van der Waals surface area (Å²) in [6.45, 7) is 0. The molecule has 1 rings (SSSR count). The van der Waals surface area contributed by atoms with E-state index in [0.29, 0.717) is 6.42 Å². The van der Waals surface area contributed by atoms with E-state index in [1.165, 1.54) is 31.4 Å². The Morgan fingerprint density at radius 3 is 1.82 bits per heavy atom. The predicted molar refractivity (Wildman–Crippen MR) is 102 cm³/mol. The van der Waals surface area contributed by atoms with Crippen LogP contribution in [0, 0.1) is 0 Å². The van der Waals surface area contributed by atoms with Crippen LogP contribution < -0.4 is 0 Å². The molecule has 154 valence electrons. The lowest BCUT2D eigenvalue weighted by molar-refractivity contribution is -0.138. The van der Waals surface area contributed by atoms with Crippen LogP contribution in [0.4, 0.5) is 0 Å². The summed E-state index contributed by atoms with van der Waals surface area (Å²) >= 11 is 0. The van der Waals surface area contributed by atoms with Crippen LogP contribution in [0.1, 0.15) is 84.9 Å². The SMILES string of the molecule is COC(=O)c1cccc(C(=O)OC(=O)CCCCCCCCCCC(=O)O)c1. The predicted octanol–water partition coefficient (Wildman–Crippen LogP) is 4.14. The number of carboxylic acids is 1. The Morgan fingerprint density at radius 1 is 0.786 bits per heavy atom. The minimum Gasteiger partial charge on any atom is -0.481 e. The van der Waals surface area contributed by atoms with E-state index in [2.05, 4.69) is 4.74 Å².